The maximum Gasteiger partial charge on any atom is 0.282 e. The van der Waals surface area contributed by atoms with Crippen LogP contribution in [0.15, 0.2) is 64.1 Å². The van der Waals surface area contributed by atoms with Crippen LogP contribution in [0.4, 0.5) is 11.4 Å². The van der Waals surface area contributed by atoms with Crippen molar-refractivity contribution in [3.8, 4) is 11.3 Å². The lowest BCUT2D eigenvalue weighted by Crippen LogP contribution is -2.18. The molecule has 146 valence electrons. The monoisotopic (exact) mass is 394 g/mol. The van der Waals surface area contributed by atoms with Gasteiger partial charge in [-0.05, 0) is 25.1 Å². The van der Waals surface area contributed by atoms with E-state index in [-0.39, 0.29) is 22.7 Å². The standard InChI is InChI=1S/C19H14N4O6/c1-12-6-7-13(10-17(12)23(27)28)18-9-8-14(29-18)11-20-21-19(24)15-4-2-3-5-16(15)22(25)26/h2-11H,1H3,(H,21,24)/b20-11-. The molecule has 3 aromatic rings. The Morgan fingerprint density at radius 2 is 1.76 bits per heavy atom. The van der Waals surface area contributed by atoms with E-state index >= 15 is 0 Å². The van der Waals surface area contributed by atoms with E-state index in [0.29, 0.717) is 16.9 Å². The van der Waals surface area contributed by atoms with Crippen molar-refractivity contribution in [3.63, 3.8) is 0 Å². The molecule has 0 aliphatic rings. The second-order valence-corrected chi connectivity index (χ2v) is 5.93. The Morgan fingerprint density at radius 1 is 1.03 bits per heavy atom. The van der Waals surface area contributed by atoms with E-state index in [1.54, 1.807) is 31.2 Å². The molecule has 0 unspecified atom stereocenters. The number of nitro benzene ring substituents is 2. The molecule has 1 heterocycles. The fraction of sp³-hybridized carbons (Fsp3) is 0.0526. The highest BCUT2D eigenvalue weighted by atomic mass is 16.6. The van der Waals surface area contributed by atoms with Gasteiger partial charge in [0.1, 0.15) is 17.1 Å². The zero-order valence-corrected chi connectivity index (χ0v) is 15.1. The fourth-order valence-electron chi connectivity index (χ4n) is 2.58. The van der Waals surface area contributed by atoms with Crippen LogP contribution in [0, 0.1) is 27.2 Å². The smallest absolute Gasteiger partial charge is 0.282 e. The second-order valence-electron chi connectivity index (χ2n) is 5.93. The number of carbonyl (C=O) groups excluding carboxylic acids is 1. The van der Waals surface area contributed by atoms with Crippen LogP contribution in [0.2, 0.25) is 0 Å². The predicted octanol–water partition coefficient (Wildman–Crippen LogP) is 3.84. The number of aryl methyl sites for hydroxylation is 1. The van der Waals surface area contributed by atoms with Crippen molar-refractivity contribution in [2.75, 3.05) is 0 Å². The molecule has 0 fully saturated rings. The molecule has 1 amide bonds. The zero-order valence-electron chi connectivity index (χ0n) is 15.1. The van der Waals surface area contributed by atoms with Crippen molar-refractivity contribution < 1.29 is 19.1 Å². The van der Waals surface area contributed by atoms with Crippen molar-refractivity contribution in [1.29, 1.82) is 0 Å². The number of carbonyl (C=O) groups is 1. The van der Waals surface area contributed by atoms with Crippen LogP contribution in [0.3, 0.4) is 0 Å². The maximum absolute atomic E-state index is 12.1. The average Bonchev–Trinajstić information content (AvgIpc) is 3.17. The molecular weight excluding hydrogens is 380 g/mol. The van der Waals surface area contributed by atoms with Crippen LogP contribution in [-0.4, -0.2) is 22.0 Å². The molecule has 29 heavy (non-hydrogen) atoms. The Kier molecular flexibility index (Phi) is 5.44. The first kappa shape index (κ1) is 19.4. The highest BCUT2D eigenvalue weighted by molar-refractivity contribution is 5.98. The topological polar surface area (TPSA) is 141 Å². The third-order valence-electron chi connectivity index (χ3n) is 4.02. The lowest BCUT2D eigenvalue weighted by molar-refractivity contribution is -0.385. The van der Waals surface area contributed by atoms with Crippen LogP contribution >= 0.6 is 0 Å². The summed E-state index contributed by atoms with van der Waals surface area (Å²) in [5, 5.41) is 25.8. The summed E-state index contributed by atoms with van der Waals surface area (Å²) in [6, 6.07) is 13.4. The first-order valence-corrected chi connectivity index (χ1v) is 8.29. The van der Waals surface area contributed by atoms with Gasteiger partial charge in [0.2, 0.25) is 0 Å². The molecule has 10 heteroatoms. The average molecular weight is 394 g/mol. The normalized spacial score (nSPS) is 10.8. The lowest BCUT2D eigenvalue weighted by atomic mass is 10.1. The highest BCUT2D eigenvalue weighted by Crippen LogP contribution is 2.28. The van der Waals surface area contributed by atoms with Gasteiger partial charge >= 0.3 is 0 Å². The maximum atomic E-state index is 12.1. The molecule has 1 aromatic heterocycles. The summed E-state index contributed by atoms with van der Waals surface area (Å²) in [7, 11) is 0. The molecule has 10 nitrogen and oxygen atoms in total. The molecule has 3 rings (SSSR count). The molecule has 1 N–H and O–H groups in total. The van der Waals surface area contributed by atoms with Crippen molar-refractivity contribution in [2.24, 2.45) is 5.10 Å². The van der Waals surface area contributed by atoms with E-state index < -0.39 is 15.8 Å². The first-order chi connectivity index (χ1) is 13.9. The minimum Gasteiger partial charge on any atom is -0.455 e. The minimum absolute atomic E-state index is 0.0224. The van der Waals surface area contributed by atoms with Gasteiger partial charge in [-0.2, -0.15) is 5.10 Å². The summed E-state index contributed by atoms with van der Waals surface area (Å²) in [5.74, 6) is -0.0693. The SMILES string of the molecule is Cc1ccc(-c2ccc(/C=N\NC(=O)c3ccccc3[N+](=O)[O-])o2)cc1[N+](=O)[O-]. The summed E-state index contributed by atoms with van der Waals surface area (Å²) in [6.07, 6.45) is 1.22. The summed E-state index contributed by atoms with van der Waals surface area (Å²) >= 11 is 0. The van der Waals surface area contributed by atoms with Gasteiger partial charge in [-0.15, -0.1) is 0 Å². The van der Waals surface area contributed by atoms with Crippen LogP contribution < -0.4 is 5.43 Å². The van der Waals surface area contributed by atoms with Crippen LogP contribution in [-0.2, 0) is 0 Å². The molecule has 0 atom stereocenters. The number of amides is 1. The van der Waals surface area contributed by atoms with Gasteiger partial charge in [-0.25, -0.2) is 5.43 Å². The van der Waals surface area contributed by atoms with Gasteiger partial charge in [0, 0.05) is 23.3 Å². The number of rotatable bonds is 6. The molecule has 2 aromatic carbocycles. The van der Waals surface area contributed by atoms with Crippen LogP contribution in [0.5, 0.6) is 0 Å². The van der Waals surface area contributed by atoms with Gasteiger partial charge in [-0.3, -0.25) is 25.0 Å². The number of nitrogens with one attached hydrogen (secondary N) is 1. The molecule has 0 saturated carbocycles. The third kappa shape index (κ3) is 4.33. The Hall–Kier alpha value is -4.34. The van der Waals surface area contributed by atoms with E-state index in [2.05, 4.69) is 10.5 Å². The van der Waals surface area contributed by atoms with Crippen molar-refractivity contribution in [2.45, 2.75) is 6.92 Å². The Labute approximate surface area is 163 Å². The number of hydrogen-bond acceptors (Lipinski definition) is 7. The van der Waals surface area contributed by atoms with Gasteiger partial charge in [-0.1, -0.05) is 24.3 Å². The third-order valence-corrected chi connectivity index (χ3v) is 4.02. The van der Waals surface area contributed by atoms with Gasteiger partial charge in [0.05, 0.1) is 16.1 Å². The van der Waals surface area contributed by atoms with Gasteiger partial charge < -0.3 is 4.42 Å². The largest absolute Gasteiger partial charge is 0.455 e. The molecule has 0 aliphatic carbocycles. The molecule has 0 aliphatic heterocycles. The first-order valence-electron chi connectivity index (χ1n) is 8.29. The zero-order chi connectivity index (χ0) is 21.0. The molecule has 0 spiro atoms. The Balaban J connectivity index is 1.73. The summed E-state index contributed by atoms with van der Waals surface area (Å²) in [4.78, 5) is 33.0. The predicted molar refractivity (Wildman–Crippen MR) is 104 cm³/mol. The van der Waals surface area contributed by atoms with E-state index in [1.807, 2.05) is 0 Å². The minimum atomic E-state index is -0.741. The number of hydrogen-bond donors (Lipinski definition) is 1. The number of para-hydroxylation sites is 1. The number of benzene rings is 2. The van der Waals surface area contributed by atoms with Gasteiger partial charge in [0.25, 0.3) is 17.3 Å². The number of nitro groups is 2. The van der Waals surface area contributed by atoms with Crippen molar-refractivity contribution in [3.05, 3.63) is 91.7 Å². The Morgan fingerprint density at radius 3 is 2.48 bits per heavy atom. The molecule has 0 bridgehead atoms. The Bertz CT molecular complexity index is 1140. The van der Waals surface area contributed by atoms with E-state index in [0.717, 1.165) is 0 Å². The number of hydrazone groups is 1. The number of furan rings is 1. The van der Waals surface area contributed by atoms with Crippen molar-refractivity contribution in [1.82, 2.24) is 5.43 Å². The fourth-order valence-corrected chi connectivity index (χ4v) is 2.58. The van der Waals surface area contributed by atoms with Crippen LogP contribution in [0.25, 0.3) is 11.3 Å². The van der Waals surface area contributed by atoms with E-state index in [9.17, 15) is 25.0 Å². The van der Waals surface area contributed by atoms with Crippen LogP contribution in [0.1, 0.15) is 21.7 Å². The highest BCUT2D eigenvalue weighted by Gasteiger charge is 2.18. The van der Waals surface area contributed by atoms with E-state index in [4.69, 9.17) is 4.42 Å². The van der Waals surface area contributed by atoms with Crippen molar-refractivity contribution >= 4 is 23.5 Å². The van der Waals surface area contributed by atoms with E-state index in [1.165, 1.54) is 36.5 Å². The van der Waals surface area contributed by atoms with Gasteiger partial charge in [0.15, 0.2) is 0 Å². The summed E-state index contributed by atoms with van der Waals surface area (Å²) < 4.78 is 5.56. The molecular formula is C19H14N4O6. The summed E-state index contributed by atoms with van der Waals surface area (Å²) in [6.45, 7) is 1.64. The second kappa shape index (κ2) is 8.13. The quantitative estimate of drug-likeness (QED) is 0.382. The lowest BCUT2D eigenvalue weighted by Gasteiger charge is -2.01. The molecule has 0 radical (unpaired) electrons. The molecule has 0 saturated heterocycles. The number of nitrogens with zero attached hydrogens (tertiary/aromatic N) is 3. The summed E-state index contributed by atoms with van der Waals surface area (Å²) in [5.41, 5.74) is 2.77.